The van der Waals surface area contributed by atoms with Gasteiger partial charge in [-0.1, -0.05) is 6.92 Å². The zero-order chi connectivity index (χ0) is 13.0. The van der Waals surface area contributed by atoms with Crippen LogP contribution in [-0.2, 0) is 4.74 Å². The Bertz CT molecular complexity index is 245. The van der Waals surface area contributed by atoms with Gasteiger partial charge >= 0.3 is 0 Å². The highest BCUT2D eigenvalue weighted by Crippen LogP contribution is 2.27. The Balaban J connectivity index is 1.91. The molecule has 0 spiro atoms. The molecule has 2 aliphatic heterocycles. The summed E-state index contributed by atoms with van der Waals surface area (Å²) in [4.78, 5) is 5.19. The number of nitrogens with two attached hydrogens (primary N) is 1. The van der Waals surface area contributed by atoms with Crippen molar-refractivity contribution in [3.8, 4) is 0 Å². The molecule has 4 nitrogen and oxygen atoms in total. The van der Waals surface area contributed by atoms with E-state index in [2.05, 4.69) is 23.6 Å². The lowest BCUT2D eigenvalue weighted by Gasteiger charge is -2.49. The lowest BCUT2D eigenvalue weighted by atomic mass is 9.89. The third kappa shape index (κ3) is 2.87. The fourth-order valence-electron chi connectivity index (χ4n) is 3.27. The van der Waals surface area contributed by atoms with Crippen LogP contribution in [0.25, 0.3) is 0 Å². The molecule has 2 heterocycles. The van der Waals surface area contributed by atoms with Crippen molar-refractivity contribution >= 4 is 0 Å². The SMILES string of the molecule is CCC(C)N1CCN(C2(CN)CCCOC2)CC1. The summed E-state index contributed by atoms with van der Waals surface area (Å²) >= 11 is 0. The van der Waals surface area contributed by atoms with Crippen molar-refractivity contribution in [1.82, 2.24) is 9.80 Å². The Morgan fingerprint density at radius 3 is 2.50 bits per heavy atom. The van der Waals surface area contributed by atoms with E-state index in [1.54, 1.807) is 0 Å². The summed E-state index contributed by atoms with van der Waals surface area (Å²) in [6, 6.07) is 0.712. The standard InChI is InChI=1S/C14H29N3O/c1-3-13(2)16-6-8-17(9-7-16)14(11-15)5-4-10-18-12-14/h13H,3-12,15H2,1-2H3. The molecule has 106 valence electrons. The van der Waals surface area contributed by atoms with Crippen LogP contribution >= 0.6 is 0 Å². The van der Waals surface area contributed by atoms with E-state index in [-0.39, 0.29) is 5.54 Å². The first-order valence-corrected chi connectivity index (χ1v) is 7.49. The summed E-state index contributed by atoms with van der Waals surface area (Å²) in [7, 11) is 0. The number of piperazine rings is 1. The van der Waals surface area contributed by atoms with Gasteiger partial charge < -0.3 is 10.5 Å². The molecule has 2 rings (SSSR count). The molecule has 4 heteroatoms. The zero-order valence-electron chi connectivity index (χ0n) is 12.0. The Hall–Kier alpha value is -0.160. The third-order valence-electron chi connectivity index (χ3n) is 4.88. The zero-order valence-corrected chi connectivity index (χ0v) is 12.0. The molecule has 0 amide bonds. The average Bonchev–Trinajstić information content (AvgIpc) is 2.47. The molecule has 0 aliphatic carbocycles. The van der Waals surface area contributed by atoms with Crippen LogP contribution in [0.1, 0.15) is 33.1 Å². The fraction of sp³-hybridized carbons (Fsp3) is 1.00. The fourth-order valence-corrected chi connectivity index (χ4v) is 3.27. The minimum absolute atomic E-state index is 0.125. The largest absolute Gasteiger partial charge is 0.379 e. The lowest BCUT2D eigenvalue weighted by molar-refractivity contribution is -0.0644. The Morgan fingerprint density at radius 1 is 1.28 bits per heavy atom. The molecule has 0 aromatic rings. The molecule has 0 bridgehead atoms. The highest BCUT2D eigenvalue weighted by atomic mass is 16.5. The van der Waals surface area contributed by atoms with Gasteiger partial charge in [0.15, 0.2) is 0 Å². The van der Waals surface area contributed by atoms with Crippen LogP contribution in [0, 0.1) is 0 Å². The van der Waals surface area contributed by atoms with Gasteiger partial charge in [0.2, 0.25) is 0 Å². The maximum atomic E-state index is 6.05. The average molecular weight is 255 g/mol. The maximum absolute atomic E-state index is 6.05. The molecular weight excluding hydrogens is 226 g/mol. The van der Waals surface area contributed by atoms with Crippen LogP contribution in [0.15, 0.2) is 0 Å². The third-order valence-corrected chi connectivity index (χ3v) is 4.88. The van der Waals surface area contributed by atoms with E-state index in [4.69, 9.17) is 10.5 Å². The molecule has 2 fully saturated rings. The van der Waals surface area contributed by atoms with E-state index >= 15 is 0 Å². The van der Waals surface area contributed by atoms with E-state index < -0.39 is 0 Å². The van der Waals surface area contributed by atoms with Gasteiger partial charge in [-0.25, -0.2) is 0 Å². The summed E-state index contributed by atoms with van der Waals surface area (Å²) in [5.41, 5.74) is 6.18. The second kappa shape index (κ2) is 6.33. The number of hydrogen-bond donors (Lipinski definition) is 1. The summed E-state index contributed by atoms with van der Waals surface area (Å²) in [5, 5.41) is 0. The monoisotopic (exact) mass is 255 g/mol. The quantitative estimate of drug-likeness (QED) is 0.811. The molecule has 2 atom stereocenters. The van der Waals surface area contributed by atoms with E-state index in [9.17, 15) is 0 Å². The van der Waals surface area contributed by atoms with Crippen LogP contribution in [0.3, 0.4) is 0 Å². The highest BCUT2D eigenvalue weighted by molar-refractivity contribution is 4.96. The van der Waals surface area contributed by atoms with Crippen molar-refractivity contribution in [2.24, 2.45) is 5.73 Å². The maximum Gasteiger partial charge on any atom is 0.0662 e. The summed E-state index contributed by atoms with van der Waals surface area (Å²) in [6.45, 7) is 11.7. The van der Waals surface area contributed by atoms with Gasteiger partial charge in [0.25, 0.3) is 0 Å². The number of nitrogens with zero attached hydrogens (tertiary/aromatic N) is 2. The van der Waals surface area contributed by atoms with Crippen molar-refractivity contribution in [3.63, 3.8) is 0 Å². The van der Waals surface area contributed by atoms with E-state index in [0.717, 1.165) is 39.3 Å². The number of hydrogen-bond acceptors (Lipinski definition) is 4. The highest BCUT2D eigenvalue weighted by Gasteiger charge is 2.39. The second-order valence-corrected chi connectivity index (χ2v) is 5.86. The first-order chi connectivity index (χ1) is 8.72. The van der Waals surface area contributed by atoms with E-state index in [1.807, 2.05) is 0 Å². The molecule has 2 aliphatic rings. The predicted molar refractivity (Wildman–Crippen MR) is 74.7 cm³/mol. The minimum atomic E-state index is 0.125. The Kier molecular flexibility index (Phi) is 5.01. The van der Waals surface area contributed by atoms with Gasteiger partial charge in [-0.05, 0) is 26.2 Å². The molecule has 0 saturated carbocycles. The molecule has 2 unspecified atom stereocenters. The van der Waals surface area contributed by atoms with Crippen LogP contribution < -0.4 is 5.73 Å². The van der Waals surface area contributed by atoms with Gasteiger partial charge in [-0.2, -0.15) is 0 Å². The van der Waals surface area contributed by atoms with Crippen LogP contribution in [0.5, 0.6) is 0 Å². The molecule has 2 N–H and O–H groups in total. The van der Waals surface area contributed by atoms with Crippen molar-refractivity contribution in [2.45, 2.75) is 44.7 Å². The van der Waals surface area contributed by atoms with E-state index in [0.29, 0.717) is 6.04 Å². The van der Waals surface area contributed by atoms with Crippen molar-refractivity contribution < 1.29 is 4.74 Å². The summed E-state index contributed by atoms with van der Waals surface area (Å²) in [5.74, 6) is 0. The van der Waals surface area contributed by atoms with Gasteiger partial charge in [-0.3, -0.25) is 9.80 Å². The number of rotatable bonds is 4. The molecule has 0 aromatic carbocycles. The molecule has 0 radical (unpaired) electrons. The molecular formula is C14H29N3O. The van der Waals surface area contributed by atoms with Crippen LogP contribution in [0.2, 0.25) is 0 Å². The molecule has 0 aromatic heterocycles. The van der Waals surface area contributed by atoms with Crippen molar-refractivity contribution in [3.05, 3.63) is 0 Å². The second-order valence-electron chi connectivity index (χ2n) is 5.86. The van der Waals surface area contributed by atoms with Crippen molar-refractivity contribution in [1.29, 1.82) is 0 Å². The Labute approximate surface area is 111 Å². The van der Waals surface area contributed by atoms with Crippen molar-refractivity contribution in [2.75, 3.05) is 45.9 Å². The molecule has 18 heavy (non-hydrogen) atoms. The lowest BCUT2D eigenvalue weighted by Crippen LogP contribution is -2.64. The summed E-state index contributed by atoms with van der Waals surface area (Å²) < 4.78 is 5.69. The Morgan fingerprint density at radius 2 is 2.00 bits per heavy atom. The smallest absolute Gasteiger partial charge is 0.0662 e. The normalized spacial score (nSPS) is 33.5. The van der Waals surface area contributed by atoms with Crippen LogP contribution in [-0.4, -0.2) is 67.3 Å². The van der Waals surface area contributed by atoms with E-state index in [1.165, 1.54) is 25.9 Å². The van der Waals surface area contributed by atoms with Gasteiger partial charge in [-0.15, -0.1) is 0 Å². The number of ether oxygens (including phenoxy) is 1. The van der Waals surface area contributed by atoms with Crippen LogP contribution in [0.4, 0.5) is 0 Å². The van der Waals surface area contributed by atoms with Gasteiger partial charge in [0.05, 0.1) is 12.1 Å². The van der Waals surface area contributed by atoms with Gasteiger partial charge in [0.1, 0.15) is 0 Å². The molecule has 2 saturated heterocycles. The summed E-state index contributed by atoms with van der Waals surface area (Å²) in [6.07, 6.45) is 3.60. The first kappa shape index (κ1) is 14.3. The minimum Gasteiger partial charge on any atom is -0.379 e. The topological polar surface area (TPSA) is 41.7 Å². The first-order valence-electron chi connectivity index (χ1n) is 7.49. The van der Waals surface area contributed by atoms with Gasteiger partial charge in [0, 0.05) is 45.4 Å². The predicted octanol–water partition coefficient (Wildman–Crippen LogP) is 0.910.